The van der Waals surface area contributed by atoms with Gasteiger partial charge in [-0.25, -0.2) is 28.1 Å². The fourth-order valence-electron chi connectivity index (χ4n) is 5.94. The number of carboxylic acids is 1. The molecule has 0 spiro atoms. The Balaban J connectivity index is 1.13. The van der Waals surface area contributed by atoms with Gasteiger partial charge in [-0.3, -0.25) is 14.4 Å². The van der Waals surface area contributed by atoms with Crippen LogP contribution in [0.4, 0.5) is 0 Å². The van der Waals surface area contributed by atoms with Crippen molar-refractivity contribution in [1.82, 2.24) is 13.7 Å². The number of ether oxygens (including phenoxy) is 4. The van der Waals surface area contributed by atoms with Crippen LogP contribution in [0.15, 0.2) is 14.4 Å². The van der Waals surface area contributed by atoms with Crippen molar-refractivity contribution in [2.75, 3.05) is 13.2 Å². The predicted octanol–water partition coefficient (Wildman–Crippen LogP) is 0.0381. The number of carboxylic acid groups (broad SMARTS) is 1. The molecule has 3 heterocycles. The first-order valence-electron chi connectivity index (χ1n) is 14.5. The maximum absolute atomic E-state index is 13.0. The van der Waals surface area contributed by atoms with Crippen molar-refractivity contribution < 1.29 is 38.4 Å². The van der Waals surface area contributed by atoms with Crippen LogP contribution in [0.1, 0.15) is 64.2 Å². The normalized spacial score (nSPS) is 27.8. The maximum atomic E-state index is 13.0. The number of hydrogen-bond acceptors (Lipinski definition) is 10. The number of carbonyl (C=O) groups is 3. The van der Waals surface area contributed by atoms with E-state index in [1.807, 2.05) is 0 Å². The van der Waals surface area contributed by atoms with E-state index in [1.165, 1.54) is 0 Å². The third-order valence-electron chi connectivity index (χ3n) is 8.39. The molecule has 4 aliphatic rings. The minimum atomic E-state index is -1.43. The van der Waals surface area contributed by atoms with Crippen LogP contribution in [0.2, 0.25) is 0 Å². The van der Waals surface area contributed by atoms with E-state index in [-0.39, 0.29) is 62.8 Å². The topological polar surface area (TPSA) is 181 Å². The fraction of sp³-hybridized carbons (Fsp3) is 0.778. The lowest BCUT2D eigenvalue weighted by Crippen LogP contribution is -2.55. The van der Waals surface area contributed by atoms with Crippen LogP contribution in [-0.4, -0.2) is 74.3 Å². The van der Waals surface area contributed by atoms with Crippen molar-refractivity contribution in [1.29, 1.82) is 0 Å². The van der Waals surface area contributed by atoms with Crippen molar-refractivity contribution in [3.05, 3.63) is 31.5 Å². The van der Waals surface area contributed by atoms with Crippen molar-refractivity contribution in [2.45, 2.75) is 108 Å². The average molecular weight is 580 g/mol. The molecular weight excluding hydrogens is 542 g/mol. The Morgan fingerprint density at radius 1 is 0.683 bits per heavy atom. The Kier molecular flexibility index (Phi) is 9.07. The van der Waals surface area contributed by atoms with E-state index in [1.54, 1.807) is 0 Å². The van der Waals surface area contributed by atoms with Crippen LogP contribution in [0.25, 0.3) is 0 Å². The Hall–Kier alpha value is -3.26. The third kappa shape index (κ3) is 7.53. The standard InChI is InChI=1S/C27H37N3O11/c31-22(32)13-30-26(36)28(9-1-3-23(33)38-14-16-5-7-18-20(11-16)40-18)25(35)29(27(30)37)10-2-4-24(34)39-15-17-6-8-19-21(12-17)41-19/h16-21H,1-15H2,(H,31,32). The van der Waals surface area contributed by atoms with E-state index >= 15 is 0 Å². The number of rotatable bonds is 14. The first kappa shape index (κ1) is 29.2. The van der Waals surface area contributed by atoms with Crippen molar-refractivity contribution in [3.63, 3.8) is 0 Å². The van der Waals surface area contributed by atoms with Gasteiger partial charge in [0.2, 0.25) is 0 Å². The molecule has 1 aromatic heterocycles. The zero-order chi connectivity index (χ0) is 29.1. The molecule has 0 radical (unpaired) electrons. The van der Waals surface area contributed by atoms with E-state index in [2.05, 4.69) is 0 Å². The molecule has 41 heavy (non-hydrogen) atoms. The van der Waals surface area contributed by atoms with Crippen LogP contribution in [-0.2, 0) is 53.0 Å². The van der Waals surface area contributed by atoms with Crippen molar-refractivity contribution >= 4 is 17.9 Å². The average Bonchev–Trinajstić information content (AvgIpc) is 3.87. The Morgan fingerprint density at radius 2 is 1.12 bits per heavy atom. The number of esters is 2. The van der Waals surface area contributed by atoms with Crippen molar-refractivity contribution in [3.8, 4) is 0 Å². The van der Waals surface area contributed by atoms with Gasteiger partial charge in [0.1, 0.15) is 6.54 Å². The Bertz CT molecular complexity index is 1240. The molecular formula is C27H37N3O11. The Morgan fingerprint density at radius 3 is 1.54 bits per heavy atom. The first-order valence-corrected chi connectivity index (χ1v) is 14.5. The summed E-state index contributed by atoms with van der Waals surface area (Å²) in [5, 5.41) is 9.20. The van der Waals surface area contributed by atoms with Gasteiger partial charge in [-0.15, -0.1) is 0 Å². The van der Waals surface area contributed by atoms with Crippen LogP contribution < -0.4 is 17.1 Å². The summed E-state index contributed by atoms with van der Waals surface area (Å²) in [5.74, 6) is -1.85. The number of fused-ring (bicyclic) bond motifs is 2. The summed E-state index contributed by atoms with van der Waals surface area (Å²) >= 11 is 0. The summed E-state index contributed by atoms with van der Waals surface area (Å²) in [7, 11) is 0. The second-order valence-corrected chi connectivity index (χ2v) is 11.5. The number of epoxide rings is 2. The maximum Gasteiger partial charge on any atom is 0.336 e. The SMILES string of the molecule is O=C(O)Cn1c(=O)n(CCCC(=O)OCC2CCC3OC3C2)c(=O)n(CCCC(=O)OCC2CCC3OC3C2)c1=O. The largest absolute Gasteiger partial charge is 0.480 e. The lowest BCUT2D eigenvalue weighted by atomic mass is 9.90. The lowest BCUT2D eigenvalue weighted by molar-refractivity contribution is -0.146. The third-order valence-corrected chi connectivity index (χ3v) is 8.39. The number of aromatic nitrogens is 3. The summed E-state index contributed by atoms with van der Waals surface area (Å²) in [6.07, 6.45) is 6.84. The molecule has 0 bridgehead atoms. The molecule has 226 valence electrons. The monoisotopic (exact) mass is 579 g/mol. The molecule has 2 aliphatic carbocycles. The summed E-state index contributed by atoms with van der Waals surface area (Å²) in [6, 6.07) is 0. The van der Waals surface area contributed by atoms with E-state index in [4.69, 9.17) is 18.9 Å². The molecule has 6 unspecified atom stereocenters. The minimum Gasteiger partial charge on any atom is -0.480 e. The van der Waals surface area contributed by atoms with Gasteiger partial charge < -0.3 is 24.1 Å². The molecule has 1 N–H and O–H groups in total. The van der Waals surface area contributed by atoms with Gasteiger partial charge in [-0.2, -0.15) is 0 Å². The van der Waals surface area contributed by atoms with Gasteiger partial charge >= 0.3 is 35.0 Å². The van der Waals surface area contributed by atoms with Crippen molar-refractivity contribution in [2.24, 2.45) is 11.8 Å². The van der Waals surface area contributed by atoms with Gasteiger partial charge in [-0.1, -0.05) is 0 Å². The summed E-state index contributed by atoms with van der Waals surface area (Å²) < 4.78 is 23.6. The highest BCUT2D eigenvalue weighted by molar-refractivity contribution is 5.69. The molecule has 0 amide bonds. The van der Waals surface area contributed by atoms with Crippen LogP contribution >= 0.6 is 0 Å². The second-order valence-electron chi connectivity index (χ2n) is 11.5. The smallest absolute Gasteiger partial charge is 0.336 e. The van der Waals surface area contributed by atoms with E-state index in [0.717, 1.165) is 47.7 Å². The van der Waals surface area contributed by atoms with Crippen LogP contribution in [0.5, 0.6) is 0 Å². The fourth-order valence-corrected chi connectivity index (χ4v) is 5.94. The summed E-state index contributed by atoms with van der Waals surface area (Å²) in [5.41, 5.74) is -3.06. The molecule has 0 aromatic carbocycles. The summed E-state index contributed by atoms with van der Waals surface area (Å²) in [6.45, 7) is -0.756. The summed E-state index contributed by atoms with van der Waals surface area (Å²) in [4.78, 5) is 74.5. The van der Waals surface area contributed by atoms with Gasteiger partial charge in [0.05, 0.1) is 37.6 Å². The molecule has 2 saturated heterocycles. The number of nitrogens with zero attached hydrogens (tertiary/aromatic N) is 3. The van der Waals surface area contributed by atoms with E-state index < -0.39 is 41.5 Å². The highest BCUT2D eigenvalue weighted by Gasteiger charge is 2.44. The molecule has 14 heteroatoms. The zero-order valence-corrected chi connectivity index (χ0v) is 22.9. The molecule has 6 atom stereocenters. The van der Waals surface area contributed by atoms with Crippen LogP contribution in [0.3, 0.4) is 0 Å². The van der Waals surface area contributed by atoms with E-state index in [9.17, 15) is 33.9 Å². The number of carbonyl (C=O) groups excluding carboxylic acids is 2. The quantitative estimate of drug-likeness (QED) is 0.232. The van der Waals surface area contributed by atoms with Crippen LogP contribution in [0, 0.1) is 11.8 Å². The zero-order valence-electron chi connectivity index (χ0n) is 22.9. The lowest BCUT2D eigenvalue weighted by Gasteiger charge is -2.18. The van der Waals surface area contributed by atoms with Gasteiger partial charge in [0.15, 0.2) is 0 Å². The predicted molar refractivity (Wildman–Crippen MR) is 139 cm³/mol. The van der Waals surface area contributed by atoms with Gasteiger partial charge in [-0.05, 0) is 63.2 Å². The first-order chi connectivity index (χ1) is 19.7. The highest BCUT2D eigenvalue weighted by atomic mass is 16.6. The second kappa shape index (κ2) is 12.7. The molecule has 2 aliphatic heterocycles. The number of aliphatic carboxylic acids is 1. The molecule has 2 saturated carbocycles. The van der Waals surface area contributed by atoms with Gasteiger partial charge in [0, 0.05) is 25.9 Å². The minimum absolute atomic E-state index is 0.0560. The Labute approximate surface area is 235 Å². The highest BCUT2D eigenvalue weighted by Crippen LogP contribution is 2.40. The molecule has 14 nitrogen and oxygen atoms in total. The van der Waals surface area contributed by atoms with E-state index in [0.29, 0.717) is 30.0 Å². The number of hydrogen-bond donors (Lipinski definition) is 1. The van der Waals surface area contributed by atoms with Gasteiger partial charge in [0.25, 0.3) is 0 Å². The molecule has 1 aromatic rings. The molecule has 5 rings (SSSR count). The molecule has 4 fully saturated rings.